The molecule has 0 saturated heterocycles. The molecule has 0 radical (unpaired) electrons. The smallest absolute Gasteiger partial charge is 0.191 e. The molecule has 6 N–H and O–H groups in total. The first-order valence-corrected chi connectivity index (χ1v) is 17.2. The van der Waals surface area contributed by atoms with Gasteiger partial charge in [0.15, 0.2) is 34.2 Å². The molecule has 3 aliphatic carbocycles. The molecule has 3 saturated carbocycles. The summed E-state index contributed by atoms with van der Waals surface area (Å²) in [4.78, 5) is 8.80. The fourth-order valence-electron chi connectivity index (χ4n) is 4.24. The zero-order valence-corrected chi connectivity index (χ0v) is 28.7. The number of aliphatic hydroxyl groups is 1. The largest absolute Gasteiger partial charge is 0.393 e. The third kappa shape index (κ3) is 15.7. The monoisotopic (exact) mass is 655 g/mol. The number of nitrogens with zero attached hydrogens (tertiary/aromatic N) is 2. The van der Waals surface area contributed by atoms with Crippen LogP contribution in [0.1, 0.15) is 97.5 Å². The number of benzene rings is 1. The quantitative estimate of drug-likeness (QED) is 0.0762. The number of nitrogens with two attached hydrogens (primary N) is 2. The van der Waals surface area contributed by atoms with Crippen LogP contribution in [0.2, 0.25) is 0 Å². The highest BCUT2D eigenvalue weighted by Crippen LogP contribution is 2.40. The number of methoxy groups -OCH3 is 1. The number of aromatic nitrogens is 2. The Morgan fingerprint density at radius 3 is 2.29 bits per heavy atom. The molecule has 0 spiro atoms. The van der Waals surface area contributed by atoms with Crippen LogP contribution in [0.15, 0.2) is 23.4 Å². The molecule has 2 unspecified atom stereocenters. The number of nitrogens with one attached hydrogen (secondary N) is 1. The first-order chi connectivity index (χ1) is 21.5. The van der Waals surface area contributed by atoms with Gasteiger partial charge < -0.3 is 36.1 Å². The van der Waals surface area contributed by atoms with Gasteiger partial charge in [-0.3, -0.25) is 0 Å². The minimum atomic E-state index is -0.958. The molecule has 2 atom stereocenters. The highest BCUT2D eigenvalue weighted by molar-refractivity contribution is 7.99. The van der Waals surface area contributed by atoms with E-state index in [0.717, 1.165) is 62.4 Å². The van der Waals surface area contributed by atoms with Gasteiger partial charge >= 0.3 is 0 Å². The molecule has 0 bridgehead atoms. The summed E-state index contributed by atoms with van der Waals surface area (Å²) in [5.41, 5.74) is 13.4. The number of thioether (sulfide) groups is 1. The number of hydrogen-bond donors (Lipinski definition) is 4. The fourth-order valence-corrected chi connectivity index (χ4v) is 4.95. The summed E-state index contributed by atoms with van der Waals surface area (Å²) in [6.45, 7) is 11.5. The number of ether oxygens (including phenoxy) is 3. The van der Waals surface area contributed by atoms with E-state index in [1.807, 2.05) is 13.8 Å². The van der Waals surface area contributed by atoms with Gasteiger partial charge in [0.1, 0.15) is 5.69 Å². The minimum absolute atomic E-state index is 0.270. The molecule has 45 heavy (non-hydrogen) atoms. The van der Waals surface area contributed by atoms with E-state index in [4.69, 9.17) is 26.0 Å². The molecule has 12 heteroatoms. The predicted molar refractivity (Wildman–Crippen MR) is 179 cm³/mol. The van der Waals surface area contributed by atoms with E-state index >= 15 is 0 Å². The maximum absolute atomic E-state index is 12.6. The van der Waals surface area contributed by atoms with Crippen LogP contribution < -0.4 is 16.8 Å². The third-order valence-electron chi connectivity index (χ3n) is 7.24. The van der Waals surface area contributed by atoms with E-state index in [1.165, 1.54) is 32.1 Å². The van der Waals surface area contributed by atoms with E-state index in [1.54, 1.807) is 31.7 Å². The maximum Gasteiger partial charge on any atom is 0.191 e. The van der Waals surface area contributed by atoms with Gasteiger partial charge in [-0.25, -0.2) is 18.7 Å². The summed E-state index contributed by atoms with van der Waals surface area (Å²) >= 11 is 1.60. The van der Waals surface area contributed by atoms with E-state index in [0.29, 0.717) is 47.7 Å². The van der Waals surface area contributed by atoms with E-state index in [2.05, 4.69) is 26.9 Å². The molecule has 9 nitrogen and oxygen atoms in total. The normalized spacial score (nSPS) is 19.0. The molecular formula is C33H55F2N5O4S. The second kappa shape index (κ2) is 20.1. The number of hydrogen-bond acceptors (Lipinski definition) is 10. The zero-order valence-electron chi connectivity index (χ0n) is 27.9. The van der Waals surface area contributed by atoms with E-state index in [9.17, 15) is 8.78 Å². The molecule has 0 aliphatic heterocycles. The van der Waals surface area contributed by atoms with Crippen LogP contribution in [-0.4, -0.2) is 65.7 Å². The van der Waals surface area contributed by atoms with Crippen LogP contribution in [0.5, 0.6) is 0 Å². The Balaban J connectivity index is 0.000000303. The molecule has 1 heterocycles. The van der Waals surface area contributed by atoms with Gasteiger partial charge in [-0.05, 0) is 94.7 Å². The second-order valence-electron chi connectivity index (χ2n) is 11.8. The van der Waals surface area contributed by atoms with Crippen LogP contribution in [0, 0.1) is 17.6 Å². The first kappa shape index (κ1) is 38.9. The van der Waals surface area contributed by atoms with Gasteiger partial charge in [0.25, 0.3) is 0 Å². The Morgan fingerprint density at radius 1 is 1.02 bits per heavy atom. The van der Waals surface area contributed by atoms with Crippen LogP contribution in [0.3, 0.4) is 0 Å². The third-order valence-corrected chi connectivity index (χ3v) is 8.29. The van der Waals surface area contributed by atoms with Crippen molar-refractivity contribution in [2.75, 3.05) is 49.5 Å². The summed E-state index contributed by atoms with van der Waals surface area (Å²) in [6, 6.07) is 4.46. The van der Waals surface area contributed by atoms with Crippen molar-refractivity contribution in [3.63, 3.8) is 0 Å². The van der Waals surface area contributed by atoms with Crippen LogP contribution in [0.4, 0.5) is 26.1 Å². The topological polar surface area (TPSA) is 138 Å². The van der Waals surface area contributed by atoms with Crippen molar-refractivity contribution in [1.82, 2.24) is 9.97 Å². The van der Waals surface area contributed by atoms with Gasteiger partial charge in [0.2, 0.25) is 0 Å². The van der Waals surface area contributed by atoms with Crippen LogP contribution in [-0.2, 0) is 14.2 Å². The van der Waals surface area contributed by atoms with Crippen molar-refractivity contribution in [1.29, 1.82) is 0 Å². The Labute approximate surface area is 272 Å². The Bertz CT molecular complexity index is 1130. The standard InChI is InChI=1S/C18H31N5O2S.C9H8F2.C4H10O2.C2H6/c1-2-9-26-18-22-16(20)15(19)17(23-18)21-13-5-6-14(10-13)25-8-7-24-11-12-3-4-12;10-8-4-3-7(5-9(8)11)6-1-2-6;1-4(2,5)6-3;1-2/h12-14H,2-11,19H2,1H3,(H3,20,21,22,23);3-6H,1-2H2;5H,1-3H3;1-2H3. The van der Waals surface area contributed by atoms with Crippen molar-refractivity contribution in [3.05, 3.63) is 35.4 Å². The number of rotatable bonds is 13. The summed E-state index contributed by atoms with van der Waals surface area (Å²) in [5, 5.41) is 12.7. The van der Waals surface area contributed by atoms with Gasteiger partial charge in [0, 0.05) is 25.5 Å². The Morgan fingerprint density at radius 2 is 1.71 bits per heavy atom. The summed E-state index contributed by atoms with van der Waals surface area (Å²) in [5.74, 6) is 0.814. The summed E-state index contributed by atoms with van der Waals surface area (Å²) in [7, 11) is 1.46. The lowest BCUT2D eigenvalue weighted by Gasteiger charge is -2.17. The van der Waals surface area contributed by atoms with Gasteiger partial charge in [-0.15, -0.1) is 0 Å². The highest BCUT2D eigenvalue weighted by Gasteiger charge is 2.27. The van der Waals surface area contributed by atoms with Crippen molar-refractivity contribution in [2.24, 2.45) is 5.92 Å². The Hall–Kier alpha value is -2.25. The molecule has 256 valence electrons. The van der Waals surface area contributed by atoms with Crippen molar-refractivity contribution >= 4 is 29.1 Å². The molecule has 3 fully saturated rings. The van der Waals surface area contributed by atoms with Gasteiger partial charge in [-0.2, -0.15) is 0 Å². The number of nitrogen functional groups attached to an aromatic ring is 2. The molecular weight excluding hydrogens is 600 g/mol. The number of halogens is 2. The Kier molecular flexibility index (Phi) is 17.4. The average Bonchev–Trinajstić information content (AvgIpc) is 3.96. The molecule has 3 aliphatic rings. The number of anilines is 3. The minimum Gasteiger partial charge on any atom is -0.393 e. The molecule has 0 amide bonds. The molecule has 1 aromatic heterocycles. The molecule has 2 aromatic rings. The first-order valence-electron chi connectivity index (χ1n) is 16.2. The van der Waals surface area contributed by atoms with E-state index in [-0.39, 0.29) is 6.10 Å². The zero-order chi connectivity index (χ0) is 33.4. The predicted octanol–water partition coefficient (Wildman–Crippen LogP) is 7.15. The second-order valence-corrected chi connectivity index (χ2v) is 12.8. The fraction of sp³-hybridized carbons (Fsp3) is 0.697. The maximum atomic E-state index is 12.6. The lowest BCUT2D eigenvalue weighted by atomic mass is 10.1. The lowest BCUT2D eigenvalue weighted by Crippen LogP contribution is -2.21. The summed E-state index contributed by atoms with van der Waals surface area (Å²) in [6.07, 6.45) is 9.24. The van der Waals surface area contributed by atoms with Gasteiger partial charge in [0.05, 0.1) is 19.3 Å². The van der Waals surface area contributed by atoms with Crippen molar-refractivity contribution in [3.8, 4) is 0 Å². The van der Waals surface area contributed by atoms with Gasteiger partial charge in [-0.1, -0.05) is 38.6 Å². The van der Waals surface area contributed by atoms with Crippen molar-refractivity contribution in [2.45, 2.75) is 115 Å². The van der Waals surface area contributed by atoms with Crippen molar-refractivity contribution < 1.29 is 28.1 Å². The highest BCUT2D eigenvalue weighted by atomic mass is 32.2. The van der Waals surface area contributed by atoms with E-state index < -0.39 is 17.4 Å². The SMILES string of the molecule is CC.CCCSc1nc(N)c(N)c(NC2CCC(OCCOCC3CC3)C2)n1.COC(C)(C)O.Fc1ccc(C2CC2)cc1F. The van der Waals surface area contributed by atoms with Crippen LogP contribution in [0.25, 0.3) is 0 Å². The molecule has 1 aromatic carbocycles. The lowest BCUT2D eigenvalue weighted by molar-refractivity contribution is -0.155. The summed E-state index contributed by atoms with van der Waals surface area (Å²) < 4.78 is 41.1. The average molecular weight is 656 g/mol. The molecule has 5 rings (SSSR count). The van der Waals surface area contributed by atoms with Crippen LogP contribution >= 0.6 is 11.8 Å².